The lowest BCUT2D eigenvalue weighted by atomic mass is 9.95. The van der Waals surface area contributed by atoms with Crippen molar-refractivity contribution in [2.75, 3.05) is 26.7 Å². The molecule has 2 fully saturated rings. The summed E-state index contributed by atoms with van der Waals surface area (Å²) in [7, 11) is 1.84. The highest BCUT2D eigenvalue weighted by atomic mass is 16.5. The number of aromatic nitrogens is 2. The molecule has 0 unspecified atom stereocenters. The van der Waals surface area contributed by atoms with E-state index >= 15 is 0 Å². The molecule has 0 spiro atoms. The number of amides is 2. The van der Waals surface area contributed by atoms with Crippen molar-refractivity contribution in [3.8, 4) is 0 Å². The molecular formula is C17H24N4O3. The molecule has 2 saturated heterocycles. The Morgan fingerprint density at radius 2 is 2.04 bits per heavy atom. The van der Waals surface area contributed by atoms with E-state index in [-0.39, 0.29) is 30.6 Å². The van der Waals surface area contributed by atoms with Crippen LogP contribution in [0.5, 0.6) is 0 Å². The molecule has 1 aliphatic carbocycles. The minimum absolute atomic E-state index is 0.0158. The fraction of sp³-hybridized carbons (Fsp3) is 0.706. The standard InChI is InChI=1S/C17H24N4O3/c1-20-13-6-8-21(9-7-14(13)24-10-15(20)22)17(23)16-11-4-2-3-5-12(11)18-19-16/h13-14H,2-10H2,1H3,(H,18,19)/t13-,14-/m0/s1. The van der Waals surface area contributed by atoms with Crippen molar-refractivity contribution in [3.63, 3.8) is 0 Å². The molecule has 1 N–H and O–H groups in total. The monoisotopic (exact) mass is 332 g/mol. The van der Waals surface area contributed by atoms with Gasteiger partial charge in [-0.1, -0.05) is 0 Å². The summed E-state index contributed by atoms with van der Waals surface area (Å²) in [5, 5.41) is 7.36. The van der Waals surface area contributed by atoms with Gasteiger partial charge in [0, 0.05) is 31.4 Å². The second-order valence-electron chi connectivity index (χ2n) is 7.03. The molecule has 7 heteroatoms. The molecule has 2 aliphatic heterocycles. The number of carbonyl (C=O) groups excluding carboxylic acids is 2. The fourth-order valence-corrected chi connectivity index (χ4v) is 4.17. The Kier molecular flexibility index (Phi) is 4.04. The molecule has 0 aromatic carbocycles. The minimum atomic E-state index is 0.0158. The number of ether oxygens (including phenoxy) is 1. The molecule has 1 aromatic heterocycles. The lowest BCUT2D eigenvalue weighted by Gasteiger charge is -2.37. The van der Waals surface area contributed by atoms with Crippen LogP contribution in [-0.4, -0.2) is 70.7 Å². The van der Waals surface area contributed by atoms with E-state index in [2.05, 4.69) is 10.2 Å². The summed E-state index contributed by atoms with van der Waals surface area (Å²) in [4.78, 5) is 28.5. The maximum atomic E-state index is 13.0. The Hall–Kier alpha value is -1.89. The third kappa shape index (κ3) is 2.60. The van der Waals surface area contributed by atoms with Crippen LogP contribution in [0, 0.1) is 0 Å². The van der Waals surface area contributed by atoms with Gasteiger partial charge in [0.25, 0.3) is 5.91 Å². The first kappa shape index (κ1) is 15.6. The number of hydrogen-bond donors (Lipinski definition) is 1. The van der Waals surface area contributed by atoms with Gasteiger partial charge in [-0.3, -0.25) is 14.7 Å². The van der Waals surface area contributed by atoms with Crippen molar-refractivity contribution in [1.29, 1.82) is 0 Å². The summed E-state index contributed by atoms with van der Waals surface area (Å²) in [6.07, 6.45) is 5.75. The highest BCUT2D eigenvalue weighted by Gasteiger charge is 2.38. The quantitative estimate of drug-likeness (QED) is 0.823. The molecule has 2 atom stereocenters. The summed E-state index contributed by atoms with van der Waals surface area (Å²) in [6.45, 7) is 1.45. The van der Waals surface area contributed by atoms with Gasteiger partial charge in [0.05, 0.1) is 12.1 Å². The second-order valence-corrected chi connectivity index (χ2v) is 7.03. The van der Waals surface area contributed by atoms with Crippen LogP contribution in [0.3, 0.4) is 0 Å². The molecule has 0 radical (unpaired) electrons. The van der Waals surface area contributed by atoms with Gasteiger partial charge in [-0.05, 0) is 38.5 Å². The van der Waals surface area contributed by atoms with Gasteiger partial charge in [-0.25, -0.2) is 0 Å². The Labute approximate surface area is 141 Å². The number of hydrogen-bond acceptors (Lipinski definition) is 4. The van der Waals surface area contributed by atoms with E-state index in [1.807, 2.05) is 11.9 Å². The third-order valence-corrected chi connectivity index (χ3v) is 5.67. The van der Waals surface area contributed by atoms with Crippen LogP contribution in [0.2, 0.25) is 0 Å². The van der Waals surface area contributed by atoms with Gasteiger partial charge >= 0.3 is 0 Å². The number of nitrogens with zero attached hydrogens (tertiary/aromatic N) is 3. The minimum Gasteiger partial charge on any atom is -0.366 e. The predicted molar refractivity (Wildman–Crippen MR) is 86.7 cm³/mol. The van der Waals surface area contributed by atoms with Gasteiger partial charge in [0.2, 0.25) is 5.91 Å². The summed E-state index contributed by atoms with van der Waals surface area (Å²) in [5.41, 5.74) is 2.83. The van der Waals surface area contributed by atoms with Gasteiger partial charge in [-0.15, -0.1) is 0 Å². The molecule has 2 amide bonds. The van der Waals surface area contributed by atoms with Crippen LogP contribution in [0.25, 0.3) is 0 Å². The molecule has 0 saturated carbocycles. The molecule has 1 aromatic rings. The topological polar surface area (TPSA) is 78.5 Å². The number of aromatic amines is 1. The van der Waals surface area contributed by atoms with E-state index in [1.54, 1.807) is 4.90 Å². The molecular weight excluding hydrogens is 308 g/mol. The van der Waals surface area contributed by atoms with E-state index in [0.717, 1.165) is 49.8 Å². The second kappa shape index (κ2) is 6.20. The number of likely N-dealkylation sites (N-methyl/N-ethyl adjacent to an activating group) is 1. The van der Waals surface area contributed by atoms with Crippen LogP contribution in [0.4, 0.5) is 0 Å². The number of fused-ring (bicyclic) bond motifs is 2. The lowest BCUT2D eigenvalue weighted by Crippen LogP contribution is -2.52. The van der Waals surface area contributed by atoms with E-state index in [9.17, 15) is 9.59 Å². The third-order valence-electron chi connectivity index (χ3n) is 5.67. The van der Waals surface area contributed by atoms with Crippen molar-refractivity contribution >= 4 is 11.8 Å². The van der Waals surface area contributed by atoms with Crippen molar-refractivity contribution in [2.45, 2.75) is 50.7 Å². The summed E-state index contributed by atoms with van der Waals surface area (Å²) < 4.78 is 5.70. The summed E-state index contributed by atoms with van der Waals surface area (Å²) in [6, 6.07) is 0.0668. The van der Waals surface area contributed by atoms with Crippen molar-refractivity contribution in [1.82, 2.24) is 20.0 Å². The highest BCUT2D eigenvalue weighted by molar-refractivity contribution is 5.94. The number of nitrogens with one attached hydrogen (secondary N) is 1. The number of morpholine rings is 1. The van der Waals surface area contributed by atoms with Gasteiger partial charge in [0.1, 0.15) is 6.61 Å². The first-order valence-corrected chi connectivity index (χ1v) is 8.88. The Morgan fingerprint density at radius 3 is 2.92 bits per heavy atom. The van der Waals surface area contributed by atoms with Crippen LogP contribution in [0.15, 0.2) is 0 Å². The number of aryl methyl sites for hydroxylation is 1. The largest absolute Gasteiger partial charge is 0.366 e. The first-order valence-electron chi connectivity index (χ1n) is 8.88. The van der Waals surface area contributed by atoms with E-state index in [4.69, 9.17) is 4.74 Å². The zero-order chi connectivity index (χ0) is 16.7. The average molecular weight is 332 g/mol. The Morgan fingerprint density at radius 1 is 1.25 bits per heavy atom. The molecule has 24 heavy (non-hydrogen) atoms. The first-order chi connectivity index (χ1) is 11.6. The Bertz CT molecular complexity index is 656. The van der Waals surface area contributed by atoms with Gasteiger partial charge < -0.3 is 14.5 Å². The average Bonchev–Trinajstić information content (AvgIpc) is 2.90. The number of likely N-dealkylation sites (tertiary alicyclic amines) is 1. The summed E-state index contributed by atoms with van der Waals surface area (Å²) >= 11 is 0. The van der Waals surface area contributed by atoms with Crippen molar-refractivity contribution < 1.29 is 14.3 Å². The molecule has 130 valence electrons. The summed E-state index contributed by atoms with van der Waals surface area (Å²) in [5.74, 6) is 0.0411. The SMILES string of the molecule is CN1C(=O)CO[C@H]2CCN(C(=O)c3n[nH]c4c3CCCC4)CC[C@@H]21. The van der Waals surface area contributed by atoms with Gasteiger partial charge in [-0.2, -0.15) is 5.10 Å². The zero-order valence-corrected chi connectivity index (χ0v) is 14.1. The molecule has 0 bridgehead atoms. The van der Waals surface area contributed by atoms with Crippen LogP contribution in [0.1, 0.15) is 47.4 Å². The maximum absolute atomic E-state index is 13.0. The lowest BCUT2D eigenvalue weighted by molar-refractivity contribution is -0.154. The Balaban J connectivity index is 1.50. The molecule has 4 rings (SSSR count). The fourth-order valence-electron chi connectivity index (χ4n) is 4.17. The molecule has 3 aliphatic rings. The van der Waals surface area contributed by atoms with Crippen LogP contribution in [-0.2, 0) is 22.4 Å². The van der Waals surface area contributed by atoms with Crippen LogP contribution < -0.4 is 0 Å². The smallest absolute Gasteiger partial charge is 0.274 e. The number of rotatable bonds is 1. The van der Waals surface area contributed by atoms with Crippen molar-refractivity contribution in [3.05, 3.63) is 17.0 Å². The van der Waals surface area contributed by atoms with E-state index in [1.165, 1.54) is 0 Å². The zero-order valence-electron chi connectivity index (χ0n) is 14.1. The normalized spacial score (nSPS) is 27.5. The van der Waals surface area contributed by atoms with Crippen molar-refractivity contribution in [2.24, 2.45) is 0 Å². The van der Waals surface area contributed by atoms with E-state index in [0.29, 0.717) is 18.8 Å². The number of carbonyl (C=O) groups is 2. The van der Waals surface area contributed by atoms with E-state index < -0.39 is 0 Å². The molecule has 7 nitrogen and oxygen atoms in total. The maximum Gasteiger partial charge on any atom is 0.274 e. The predicted octanol–water partition coefficient (Wildman–Crippen LogP) is 0.750. The van der Waals surface area contributed by atoms with Gasteiger partial charge in [0.15, 0.2) is 5.69 Å². The highest BCUT2D eigenvalue weighted by Crippen LogP contribution is 2.26. The van der Waals surface area contributed by atoms with Crippen LogP contribution >= 0.6 is 0 Å². The number of H-pyrrole nitrogens is 1. The molecule has 3 heterocycles.